The van der Waals surface area contributed by atoms with Crippen LogP contribution in [0.3, 0.4) is 0 Å². The topological polar surface area (TPSA) is 29.1 Å². The highest BCUT2D eigenvalue weighted by molar-refractivity contribution is 7.80. The van der Waals surface area contributed by atoms with E-state index in [-0.39, 0.29) is 18.0 Å². The van der Waals surface area contributed by atoms with Gasteiger partial charge >= 0.3 is 0 Å². The van der Waals surface area contributed by atoms with Gasteiger partial charge in [-0.25, -0.2) is 8.78 Å². The van der Waals surface area contributed by atoms with Crippen LogP contribution in [0.4, 0.5) is 8.78 Å². The molecule has 0 atom stereocenters. The van der Waals surface area contributed by atoms with Gasteiger partial charge in [-0.2, -0.15) is 0 Å². The van der Waals surface area contributed by atoms with Crippen LogP contribution in [-0.4, -0.2) is 5.91 Å². The molecular weight excluding hydrogens is 280 g/mol. The van der Waals surface area contributed by atoms with Crippen molar-refractivity contribution in [1.29, 1.82) is 0 Å². The van der Waals surface area contributed by atoms with Crippen molar-refractivity contribution in [2.45, 2.75) is 18.4 Å². The number of benzene rings is 2. The Balaban J connectivity index is 2.10. The Hall–Kier alpha value is -1.88. The molecule has 0 fully saturated rings. The van der Waals surface area contributed by atoms with Crippen LogP contribution in [-0.2, 0) is 6.54 Å². The Kier molecular flexibility index (Phi) is 4.39. The lowest BCUT2D eigenvalue weighted by Gasteiger charge is -2.09. The SMILES string of the molecule is Cc1ccc(S)cc1C(=O)NCc1ccc(F)cc1F. The average Bonchev–Trinajstić information content (AvgIpc) is 2.40. The van der Waals surface area contributed by atoms with Gasteiger partial charge in [-0.05, 0) is 30.7 Å². The Morgan fingerprint density at radius 2 is 1.95 bits per heavy atom. The first-order chi connectivity index (χ1) is 9.47. The molecule has 0 aliphatic heterocycles. The number of halogens is 2. The van der Waals surface area contributed by atoms with Crippen molar-refractivity contribution in [3.8, 4) is 0 Å². The normalized spacial score (nSPS) is 10.4. The fourth-order valence-electron chi connectivity index (χ4n) is 1.79. The summed E-state index contributed by atoms with van der Waals surface area (Å²) in [6.07, 6.45) is 0. The molecule has 0 aliphatic carbocycles. The number of aryl methyl sites for hydroxylation is 1. The number of nitrogens with one attached hydrogen (secondary N) is 1. The standard InChI is InChI=1S/C15H13F2NOS/c1-9-2-5-12(20)7-13(9)15(19)18-8-10-3-4-11(16)6-14(10)17/h2-7,20H,8H2,1H3,(H,18,19). The fraction of sp³-hybridized carbons (Fsp3) is 0.133. The number of rotatable bonds is 3. The van der Waals surface area contributed by atoms with Crippen LogP contribution in [0.2, 0.25) is 0 Å². The molecule has 2 rings (SSSR count). The van der Waals surface area contributed by atoms with Crippen LogP contribution in [0.15, 0.2) is 41.3 Å². The molecule has 2 nitrogen and oxygen atoms in total. The van der Waals surface area contributed by atoms with Gasteiger partial charge in [0.1, 0.15) is 11.6 Å². The fourth-order valence-corrected chi connectivity index (χ4v) is 1.99. The van der Waals surface area contributed by atoms with E-state index in [2.05, 4.69) is 17.9 Å². The Morgan fingerprint density at radius 1 is 1.20 bits per heavy atom. The first kappa shape index (κ1) is 14.5. The molecule has 1 N–H and O–H groups in total. The van der Waals surface area contributed by atoms with Gasteiger partial charge in [0, 0.05) is 28.6 Å². The van der Waals surface area contributed by atoms with Gasteiger partial charge in [0.05, 0.1) is 0 Å². The number of thiol groups is 1. The largest absolute Gasteiger partial charge is 0.348 e. The van der Waals surface area contributed by atoms with E-state index in [4.69, 9.17) is 0 Å². The van der Waals surface area contributed by atoms with E-state index in [1.807, 2.05) is 0 Å². The molecule has 0 saturated heterocycles. The van der Waals surface area contributed by atoms with Crippen molar-refractivity contribution in [3.05, 3.63) is 64.7 Å². The number of hydrogen-bond donors (Lipinski definition) is 2. The molecule has 0 spiro atoms. The molecule has 0 heterocycles. The van der Waals surface area contributed by atoms with Crippen molar-refractivity contribution < 1.29 is 13.6 Å². The Morgan fingerprint density at radius 3 is 2.65 bits per heavy atom. The molecule has 0 radical (unpaired) electrons. The van der Waals surface area contributed by atoms with E-state index < -0.39 is 11.6 Å². The molecular formula is C15H13F2NOS. The highest BCUT2D eigenvalue weighted by Gasteiger charge is 2.10. The zero-order valence-electron chi connectivity index (χ0n) is 10.8. The highest BCUT2D eigenvalue weighted by Crippen LogP contribution is 2.14. The zero-order valence-corrected chi connectivity index (χ0v) is 11.7. The van der Waals surface area contributed by atoms with Gasteiger partial charge in [0.2, 0.25) is 0 Å². The lowest BCUT2D eigenvalue weighted by atomic mass is 10.1. The predicted octanol–water partition coefficient (Wildman–Crippen LogP) is 3.49. The number of carbonyl (C=O) groups excluding carboxylic acids is 1. The van der Waals surface area contributed by atoms with Gasteiger partial charge in [-0.15, -0.1) is 12.6 Å². The molecule has 5 heteroatoms. The summed E-state index contributed by atoms with van der Waals surface area (Å²) in [4.78, 5) is 12.7. The molecule has 0 aromatic heterocycles. The first-order valence-electron chi connectivity index (χ1n) is 5.99. The van der Waals surface area contributed by atoms with E-state index in [1.54, 1.807) is 25.1 Å². The lowest BCUT2D eigenvalue weighted by molar-refractivity contribution is 0.0950. The second kappa shape index (κ2) is 6.05. The third-order valence-electron chi connectivity index (χ3n) is 2.92. The van der Waals surface area contributed by atoms with E-state index in [0.717, 1.165) is 17.7 Å². The average molecular weight is 293 g/mol. The van der Waals surface area contributed by atoms with Gasteiger partial charge in [-0.1, -0.05) is 12.1 Å². The summed E-state index contributed by atoms with van der Waals surface area (Å²) in [6, 6.07) is 8.48. The Bertz CT molecular complexity index is 658. The lowest BCUT2D eigenvalue weighted by Crippen LogP contribution is -2.24. The van der Waals surface area contributed by atoms with E-state index in [0.29, 0.717) is 10.5 Å². The summed E-state index contributed by atoms with van der Waals surface area (Å²) in [5.41, 5.74) is 1.53. The summed E-state index contributed by atoms with van der Waals surface area (Å²) in [5, 5.41) is 2.61. The summed E-state index contributed by atoms with van der Waals surface area (Å²) in [7, 11) is 0. The third-order valence-corrected chi connectivity index (χ3v) is 3.20. The highest BCUT2D eigenvalue weighted by atomic mass is 32.1. The molecule has 2 aromatic rings. The minimum atomic E-state index is -0.676. The molecule has 2 aromatic carbocycles. The summed E-state index contributed by atoms with van der Waals surface area (Å²) >= 11 is 4.18. The van der Waals surface area contributed by atoms with E-state index >= 15 is 0 Å². The van der Waals surface area contributed by atoms with Gasteiger partial charge in [0.25, 0.3) is 5.91 Å². The number of hydrogen-bond acceptors (Lipinski definition) is 2. The second-order valence-corrected chi connectivity index (χ2v) is 4.93. The summed E-state index contributed by atoms with van der Waals surface area (Å²) < 4.78 is 26.2. The van der Waals surface area contributed by atoms with Crippen LogP contribution in [0.1, 0.15) is 21.5 Å². The molecule has 20 heavy (non-hydrogen) atoms. The van der Waals surface area contributed by atoms with E-state index in [9.17, 15) is 13.6 Å². The van der Waals surface area contributed by atoms with Crippen LogP contribution in [0.5, 0.6) is 0 Å². The minimum Gasteiger partial charge on any atom is -0.348 e. The number of carbonyl (C=O) groups is 1. The molecule has 0 saturated carbocycles. The Labute approximate surface area is 121 Å². The molecule has 0 bridgehead atoms. The van der Waals surface area contributed by atoms with Gasteiger partial charge in [-0.3, -0.25) is 4.79 Å². The molecule has 104 valence electrons. The quantitative estimate of drug-likeness (QED) is 0.833. The van der Waals surface area contributed by atoms with Gasteiger partial charge < -0.3 is 5.32 Å². The van der Waals surface area contributed by atoms with Crippen LogP contribution < -0.4 is 5.32 Å². The van der Waals surface area contributed by atoms with E-state index in [1.165, 1.54) is 6.07 Å². The minimum absolute atomic E-state index is 0.00118. The smallest absolute Gasteiger partial charge is 0.251 e. The number of amides is 1. The monoisotopic (exact) mass is 293 g/mol. The maximum atomic E-state index is 13.4. The maximum Gasteiger partial charge on any atom is 0.251 e. The van der Waals surface area contributed by atoms with Crippen LogP contribution >= 0.6 is 12.6 Å². The van der Waals surface area contributed by atoms with Crippen molar-refractivity contribution in [2.24, 2.45) is 0 Å². The zero-order chi connectivity index (χ0) is 14.7. The third kappa shape index (κ3) is 3.36. The van der Waals surface area contributed by atoms with Crippen molar-refractivity contribution in [1.82, 2.24) is 5.32 Å². The molecule has 1 amide bonds. The maximum absolute atomic E-state index is 13.4. The molecule has 0 unspecified atom stereocenters. The van der Waals surface area contributed by atoms with Crippen molar-refractivity contribution in [2.75, 3.05) is 0 Å². The van der Waals surface area contributed by atoms with Crippen molar-refractivity contribution >= 4 is 18.5 Å². The molecule has 0 aliphatic rings. The van der Waals surface area contributed by atoms with Crippen molar-refractivity contribution in [3.63, 3.8) is 0 Å². The summed E-state index contributed by atoms with van der Waals surface area (Å²) in [6.45, 7) is 1.81. The van der Waals surface area contributed by atoms with Gasteiger partial charge in [0.15, 0.2) is 0 Å². The van der Waals surface area contributed by atoms with Crippen LogP contribution in [0.25, 0.3) is 0 Å². The second-order valence-electron chi connectivity index (χ2n) is 4.42. The summed E-state index contributed by atoms with van der Waals surface area (Å²) in [5.74, 6) is -1.64. The first-order valence-corrected chi connectivity index (χ1v) is 6.44. The predicted molar refractivity (Wildman–Crippen MR) is 76.0 cm³/mol. The van der Waals surface area contributed by atoms with Crippen LogP contribution in [0, 0.1) is 18.6 Å².